The zero-order valence-corrected chi connectivity index (χ0v) is 16.8. The van der Waals surface area contributed by atoms with Gasteiger partial charge in [0.2, 0.25) is 4.77 Å². The van der Waals surface area contributed by atoms with Gasteiger partial charge < -0.3 is 4.57 Å². The summed E-state index contributed by atoms with van der Waals surface area (Å²) in [4.78, 5) is 0. The highest BCUT2D eigenvalue weighted by Gasteiger charge is 2.22. The Kier molecular flexibility index (Phi) is 5.00. The molecule has 136 valence electrons. The number of aromatic amines is 1. The first-order valence-electron chi connectivity index (χ1n) is 9.19. The maximum absolute atomic E-state index is 5.35. The molecular weight excluding hydrogens is 330 g/mol. The fraction of sp³-hybridized carbons (Fsp3) is 0.632. The van der Waals surface area contributed by atoms with Gasteiger partial charge in [-0.05, 0) is 45.0 Å². The molecule has 2 aromatic rings. The molecule has 0 aliphatic heterocycles. The zero-order chi connectivity index (χ0) is 18.2. The van der Waals surface area contributed by atoms with Crippen LogP contribution in [0.25, 0.3) is 0 Å². The summed E-state index contributed by atoms with van der Waals surface area (Å²) in [7, 11) is 0. The van der Waals surface area contributed by atoms with E-state index in [1.807, 2.05) is 6.21 Å². The average molecular weight is 360 g/mol. The van der Waals surface area contributed by atoms with Crippen molar-refractivity contribution in [1.82, 2.24) is 19.4 Å². The van der Waals surface area contributed by atoms with E-state index >= 15 is 0 Å². The van der Waals surface area contributed by atoms with Crippen molar-refractivity contribution in [2.24, 2.45) is 5.10 Å². The van der Waals surface area contributed by atoms with Crippen molar-refractivity contribution in [2.75, 3.05) is 0 Å². The highest BCUT2D eigenvalue weighted by Crippen LogP contribution is 2.31. The monoisotopic (exact) mass is 359 g/mol. The van der Waals surface area contributed by atoms with Crippen molar-refractivity contribution in [3.8, 4) is 0 Å². The summed E-state index contributed by atoms with van der Waals surface area (Å²) < 4.78 is 4.77. The van der Waals surface area contributed by atoms with Crippen LogP contribution < -0.4 is 0 Å². The summed E-state index contributed by atoms with van der Waals surface area (Å²) in [5, 5.41) is 11.8. The van der Waals surface area contributed by atoms with E-state index in [1.165, 1.54) is 43.5 Å². The largest absolute Gasteiger partial charge is 0.345 e. The molecule has 3 rings (SSSR count). The minimum atomic E-state index is -0.121. The SMILES string of the molecule is Cc1cc(/C=N\n2c(C(C)(C)C)n[nH]c2=S)c(C)n1C1CCCCC1. The number of aromatic nitrogens is 4. The van der Waals surface area contributed by atoms with E-state index in [0.717, 1.165) is 11.4 Å². The normalized spacial score (nSPS) is 16.8. The van der Waals surface area contributed by atoms with E-state index < -0.39 is 0 Å². The van der Waals surface area contributed by atoms with Gasteiger partial charge >= 0.3 is 0 Å². The summed E-state index contributed by atoms with van der Waals surface area (Å²) in [6, 6.07) is 2.87. The van der Waals surface area contributed by atoms with Gasteiger partial charge in [0.1, 0.15) is 0 Å². The molecule has 0 radical (unpaired) electrons. The zero-order valence-electron chi connectivity index (χ0n) is 16.0. The first kappa shape index (κ1) is 18.1. The number of aryl methyl sites for hydroxylation is 1. The Morgan fingerprint density at radius 1 is 1.24 bits per heavy atom. The molecule has 0 bridgehead atoms. The summed E-state index contributed by atoms with van der Waals surface area (Å²) in [5.74, 6) is 0.842. The summed E-state index contributed by atoms with van der Waals surface area (Å²) in [6.07, 6.45) is 8.54. The third-order valence-corrected chi connectivity index (χ3v) is 5.36. The lowest BCUT2D eigenvalue weighted by Crippen LogP contribution is -2.17. The van der Waals surface area contributed by atoms with Crippen LogP contribution in [0.5, 0.6) is 0 Å². The standard InChI is InChI=1S/C19H29N5S/c1-13-11-15(14(2)23(13)16-9-7-6-8-10-16)12-20-24-17(19(3,4)5)21-22-18(24)25/h11-12,16H,6-10H2,1-5H3,(H,22,25)/b20-12-. The van der Waals surface area contributed by atoms with Crippen LogP contribution in [-0.4, -0.2) is 25.7 Å². The van der Waals surface area contributed by atoms with Crippen molar-refractivity contribution in [2.45, 2.75) is 78.2 Å². The Morgan fingerprint density at radius 2 is 1.92 bits per heavy atom. The number of H-pyrrole nitrogens is 1. The maximum Gasteiger partial charge on any atom is 0.216 e. The molecule has 0 atom stereocenters. The minimum absolute atomic E-state index is 0.121. The Bertz CT molecular complexity index is 825. The van der Waals surface area contributed by atoms with Crippen molar-refractivity contribution in [1.29, 1.82) is 0 Å². The summed E-state index contributed by atoms with van der Waals surface area (Å²) in [5.41, 5.74) is 3.65. The van der Waals surface area contributed by atoms with Crippen LogP contribution >= 0.6 is 12.2 Å². The Balaban J connectivity index is 1.93. The molecular formula is C19H29N5S. The molecule has 1 aliphatic rings. The first-order chi connectivity index (χ1) is 11.8. The van der Waals surface area contributed by atoms with Crippen LogP contribution in [0.3, 0.4) is 0 Å². The van der Waals surface area contributed by atoms with Crippen LogP contribution in [0.4, 0.5) is 0 Å². The number of rotatable bonds is 3. The van der Waals surface area contributed by atoms with Crippen molar-refractivity contribution in [3.63, 3.8) is 0 Å². The van der Waals surface area contributed by atoms with Gasteiger partial charge in [0.05, 0.1) is 6.21 Å². The maximum atomic E-state index is 5.35. The number of nitrogens with one attached hydrogen (secondary N) is 1. The molecule has 6 heteroatoms. The molecule has 2 heterocycles. The predicted molar refractivity (Wildman–Crippen MR) is 105 cm³/mol. The summed E-state index contributed by atoms with van der Waals surface area (Å²) >= 11 is 5.35. The summed E-state index contributed by atoms with van der Waals surface area (Å²) in [6.45, 7) is 10.7. The second-order valence-electron chi connectivity index (χ2n) is 8.15. The highest BCUT2D eigenvalue weighted by molar-refractivity contribution is 7.71. The highest BCUT2D eigenvalue weighted by atomic mass is 32.1. The van der Waals surface area contributed by atoms with Crippen molar-refractivity contribution < 1.29 is 0 Å². The van der Waals surface area contributed by atoms with E-state index in [2.05, 4.69) is 60.6 Å². The van der Waals surface area contributed by atoms with Gasteiger partial charge in [-0.1, -0.05) is 40.0 Å². The van der Waals surface area contributed by atoms with Gasteiger partial charge in [0.15, 0.2) is 5.82 Å². The van der Waals surface area contributed by atoms with Gasteiger partial charge in [-0.3, -0.25) is 5.10 Å². The lowest BCUT2D eigenvalue weighted by Gasteiger charge is -2.26. The van der Waals surface area contributed by atoms with Crippen LogP contribution in [0.15, 0.2) is 11.2 Å². The van der Waals surface area contributed by atoms with Crippen LogP contribution in [0, 0.1) is 18.6 Å². The number of hydrogen-bond donors (Lipinski definition) is 1. The Hall–Kier alpha value is -1.69. The third kappa shape index (κ3) is 3.64. The average Bonchev–Trinajstić information content (AvgIpc) is 3.06. The molecule has 0 amide bonds. The second kappa shape index (κ2) is 6.90. The van der Waals surface area contributed by atoms with Gasteiger partial charge in [-0.15, -0.1) is 0 Å². The quantitative estimate of drug-likeness (QED) is 0.616. The van der Waals surface area contributed by atoms with Crippen molar-refractivity contribution in [3.05, 3.63) is 33.6 Å². The lowest BCUT2D eigenvalue weighted by molar-refractivity contribution is 0.346. The molecule has 1 aliphatic carbocycles. The van der Waals surface area contributed by atoms with Crippen molar-refractivity contribution >= 4 is 18.4 Å². The predicted octanol–water partition coefficient (Wildman–Crippen LogP) is 5.04. The molecule has 25 heavy (non-hydrogen) atoms. The fourth-order valence-electron chi connectivity index (χ4n) is 3.84. The Labute approximate surface area is 155 Å². The van der Waals surface area contributed by atoms with Gasteiger partial charge in [0.25, 0.3) is 0 Å². The fourth-order valence-corrected chi connectivity index (χ4v) is 4.02. The van der Waals surface area contributed by atoms with Gasteiger partial charge in [-0.25, -0.2) is 0 Å². The van der Waals surface area contributed by atoms with Crippen LogP contribution in [-0.2, 0) is 5.41 Å². The van der Waals surface area contributed by atoms with E-state index in [9.17, 15) is 0 Å². The smallest absolute Gasteiger partial charge is 0.216 e. The molecule has 1 saturated carbocycles. The molecule has 5 nitrogen and oxygen atoms in total. The van der Waals surface area contributed by atoms with E-state index in [1.54, 1.807) is 4.68 Å². The van der Waals surface area contributed by atoms with E-state index in [0.29, 0.717) is 10.8 Å². The van der Waals surface area contributed by atoms with Crippen LogP contribution in [0.1, 0.15) is 81.7 Å². The molecule has 0 spiro atoms. The molecule has 1 fully saturated rings. The molecule has 2 aromatic heterocycles. The minimum Gasteiger partial charge on any atom is -0.345 e. The topological polar surface area (TPSA) is 50.9 Å². The molecule has 0 unspecified atom stereocenters. The van der Waals surface area contributed by atoms with Crippen LogP contribution in [0.2, 0.25) is 0 Å². The van der Waals surface area contributed by atoms with E-state index in [4.69, 9.17) is 12.2 Å². The number of nitrogens with zero attached hydrogens (tertiary/aromatic N) is 4. The molecule has 1 N–H and O–H groups in total. The van der Waals surface area contributed by atoms with Gasteiger partial charge in [-0.2, -0.15) is 14.9 Å². The molecule has 0 aromatic carbocycles. The van der Waals surface area contributed by atoms with E-state index in [-0.39, 0.29) is 5.41 Å². The lowest BCUT2D eigenvalue weighted by atomic mass is 9.95. The van der Waals surface area contributed by atoms with Gasteiger partial charge in [0, 0.05) is 28.4 Å². The third-order valence-electron chi connectivity index (χ3n) is 5.10. The first-order valence-corrected chi connectivity index (χ1v) is 9.60. The molecule has 0 saturated heterocycles. The number of hydrogen-bond acceptors (Lipinski definition) is 3. The second-order valence-corrected chi connectivity index (χ2v) is 8.53. The Morgan fingerprint density at radius 3 is 2.56 bits per heavy atom.